The molecule has 2 heterocycles. The van der Waals surface area contributed by atoms with Gasteiger partial charge in [0.2, 0.25) is 5.89 Å². The molecular formula is C14H10N4O5S. The van der Waals surface area contributed by atoms with Gasteiger partial charge in [-0.1, -0.05) is 16.4 Å². The fourth-order valence-corrected chi connectivity index (χ4v) is 2.55. The Hall–Kier alpha value is -3.27. The van der Waals surface area contributed by atoms with E-state index in [1.165, 1.54) is 12.1 Å². The maximum Gasteiger partial charge on any atom is 0.324 e. The quantitative estimate of drug-likeness (QED) is 0.557. The highest BCUT2D eigenvalue weighted by molar-refractivity contribution is 7.17. The van der Waals surface area contributed by atoms with Crippen LogP contribution in [-0.4, -0.2) is 28.1 Å². The van der Waals surface area contributed by atoms with Gasteiger partial charge in [0.05, 0.1) is 16.9 Å². The van der Waals surface area contributed by atoms with E-state index in [1.54, 1.807) is 31.4 Å². The number of nitrogens with zero attached hydrogens (tertiary/aromatic N) is 3. The largest absolute Gasteiger partial charge is 0.497 e. The van der Waals surface area contributed by atoms with Crippen LogP contribution in [0.5, 0.6) is 5.75 Å². The average molecular weight is 346 g/mol. The number of ether oxygens (including phenoxy) is 1. The highest BCUT2D eigenvalue weighted by Crippen LogP contribution is 2.26. The predicted octanol–water partition coefficient (Wildman–Crippen LogP) is 2.97. The Bertz CT molecular complexity index is 887. The summed E-state index contributed by atoms with van der Waals surface area (Å²) in [4.78, 5) is 22.3. The first-order chi connectivity index (χ1) is 11.6. The second-order valence-corrected chi connectivity index (χ2v) is 5.55. The fourth-order valence-electron chi connectivity index (χ4n) is 1.83. The van der Waals surface area contributed by atoms with Gasteiger partial charge in [-0.15, -0.1) is 5.10 Å². The van der Waals surface area contributed by atoms with E-state index in [0.717, 1.165) is 11.3 Å². The topological polar surface area (TPSA) is 120 Å². The van der Waals surface area contributed by atoms with Gasteiger partial charge in [0.1, 0.15) is 5.75 Å². The number of nitrogens with one attached hydrogen (secondary N) is 1. The van der Waals surface area contributed by atoms with E-state index in [-0.39, 0.29) is 21.8 Å². The summed E-state index contributed by atoms with van der Waals surface area (Å²) in [7, 11) is 1.56. The molecule has 0 saturated heterocycles. The number of hydrogen-bond donors (Lipinski definition) is 1. The predicted molar refractivity (Wildman–Crippen MR) is 85.2 cm³/mol. The minimum Gasteiger partial charge on any atom is -0.497 e. The lowest BCUT2D eigenvalue weighted by atomic mass is 10.2. The van der Waals surface area contributed by atoms with Crippen LogP contribution in [0.2, 0.25) is 0 Å². The molecule has 2 aromatic heterocycles. The van der Waals surface area contributed by atoms with Gasteiger partial charge in [-0.3, -0.25) is 20.2 Å². The smallest absolute Gasteiger partial charge is 0.324 e. The maximum absolute atomic E-state index is 12.0. The number of hydrogen-bond acceptors (Lipinski definition) is 8. The summed E-state index contributed by atoms with van der Waals surface area (Å²) >= 11 is 0.761. The molecule has 24 heavy (non-hydrogen) atoms. The first kappa shape index (κ1) is 15.6. The standard InChI is InChI=1S/C14H10N4O5S/c1-22-9-4-2-8(3-5-9)13-16-17-14(23-13)15-12(19)10-6-7-11(24-10)18(20)21/h2-7H,1H3,(H,15,17,19). The Morgan fingerprint density at radius 3 is 2.62 bits per heavy atom. The number of benzene rings is 1. The molecule has 9 nitrogen and oxygen atoms in total. The van der Waals surface area contributed by atoms with Crippen LogP contribution in [0.1, 0.15) is 9.67 Å². The minimum absolute atomic E-state index is 0.0955. The SMILES string of the molecule is COc1ccc(-c2nnc(NC(=O)c3ccc([N+](=O)[O-])s3)o2)cc1. The summed E-state index contributed by atoms with van der Waals surface area (Å²) in [6, 6.07) is 9.48. The molecule has 0 aliphatic rings. The second-order valence-electron chi connectivity index (χ2n) is 4.49. The second kappa shape index (κ2) is 6.46. The summed E-state index contributed by atoms with van der Waals surface area (Å²) < 4.78 is 10.4. The third-order valence-electron chi connectivity index (χ3n) is 2.98. The number of carbonyl (C=O) groups is 1. The molecule has 3 aromatic rings. The van der Waals surface area contributed by atoms with E-state index in [2.05, 4.69) is 15.5 Å². The molecule has 0 spiro atoms. The highest BCUT2D eigenvalue weighted by Gasteiger charge is 2.17. The van der Waals surface area contributed by atoms with Crippen molar-refractivity contribution in [2.75, 3.05) is 12.4 Å². The lowest BCUT2D eigenvalue weighted by Crippen LogP contribution is -2.10. The molecule has 0 radical (unpaired) electrons. The van der Waals surface area contributed by atoms with Crippen molar-refractivity contribution in [3.8, 4) is 17.2 Å². The fraction of sp³-hybridized carbons (Fsp3) is 0.0714. The third kappa shape index (κ3) is 3.22. The highest BCUT2D eigenvalue weighted by atomic mass is 32.1. The zero-order valence-corrected chi connectivity index (χ0v) is 13.1. The zero-order chi connectivity index (χ0) is 17.1. The Morgan fingerprint density at radius 1 is 1.25 bits per heavy atom. The van der Waals surface area contributed by atoms with Crippen LogP contribution in [0.4, 0.5) is 11.0 Å². The van der Waals surface area contributed by atoms with Crippen molar-refractivity contribution in [3.05, 3.63) is 51.4 Å². The van der Waals surface area contributed by atoms with Gasteiger partial charge in [0, 0.05) is 11.6 Å². The van der Waals surface area contributed by atoms with Gasteiger partial charge in [-0.2, -0.15) is 0 Å². The molecule has 0 fully saturated rings. The van der Waals surface area contributed by atoms with Gasteiger partial charge >= 0.3 is 11.0 Å². The number of anilines is 1. The van der Waals surface area contributed by atoms with Gasteiger partial charge < -0.3 is 9.15 Å². The summed E-state index contributed by atoms with van der Waals surface area (Å²) in [5, 5.41) is 20.5. The Balaban J connectivity index is 1.72. The number of rotatable bonds is 5. The number of nitro groups is 1. The normalized spacial score (nSPS) is 10.4. The molecule has 1 N–H and O–H groups in total. The molecule has 1 aromatic carbocycles. The van der Waals surface area contributed by atoms with E-state index >= 15 is 0 Å². The zero-order valence-electron chi connectivity index (χ0n) is 12.3. The van der Waals surface area contributed by atoms with Crippen LogP contribution in [0.3, 0.4) is 0 Å². The lowest BCUT2D eigenvalue weighted by molar-refractivity contribution is -0.380. The average Bonchev–Trinajstić information content (AvgIpc) is 3.24. The molecule has 0 bridgehead atoms. The van der Waals surface area contributed by atoms with Crippen molar-refractivity contribution in [1.82, 2.24) is 10.2 Å². The molecule has 10 heteroatoms. The van der Waals surface area contributed by atoms with Gasteiger partial charge in [-0.25, -0.2) is 0 Å². The molecule has 0 aliphatic heterocycles. The van der Waals surface area contributed by atoms with E-state index < -0.39 is 10.8 Å². The summed E-state index contributed by atoms with van der Waals surface area (Å²) in [5.74, 6) is 0.356. The van der Waals surface area contributed by atoms with Gasteiger partial charge in [-0.05, 0) is 30.3 Å². The van der Waals surface area contributed by atoms with Crippen molar-refractivity contribution in [1.29, 1.82) is 0 Å². The number of aromatic nitrogens is 2. The summed E-state index contributed by atoms with van der Waals surface area (Å²) in [6.07, 6.45) is 0. The number of amides is 1. The van der Waals surface area contributed by atoms with E-state index in [9.17, 15) is 14.9 Å². The monoisotopic (exact) mass is 346 g/mol. The number of thiophene rings is 1. The Labute approximate surface area is 139 Å². The molecule has 0 unspecified atom stereocenters. The van der Waals surface area contributed by atoms with E-state index in [0.29, 0.717) is 11.3 Å². The number of methoxy groups -OCH3 is 1. The van der Waals surface area contributed by atoms with Gasteiger partial charge in [0.15, 0.2) is 0 Å². The van der Waals surface area contributed by atoms with Crippen LogP contribution in [-0.2, 0) is 0 Å². The maximum atomic E-state index is 12.0. The molecule has 122 valence electrons. The molecule has 3 rings (SSSR count). The molecular weight excluding hydrogens is 336 g/mol. The first-order valence-electron chi connectivity index (χ1n) is 6.60. The molecule has 1 amide bonds. The summed E-state index contributed by atoms with van der Waals surface area (Å²) in [6.45, 7) is 0. The van der Waals surface area contributed by atoms with Gasteiger partial charge in [0.25, 0.3) is 5.91 Å². The van der Waals surface area contributed by atoms with E-state index in [4.69, 9.17) is 9.15 Å². The van der Waals surface area contributed by atoms with Crippen LogP contribution in [0.15, 0.2) is 40.8 Å². The Kier molecular flexibility index (Phi) is 4.20. The van der Waals surface area contributed by atoms with Crippen molar-refractivity contribution in [3.63, 3.8) is 0 Å². The van der Waals surface area contributed by atoms with Crippen LogP contribution < -0.4 is 10.1 Å². The van der Waals surface area contributed by atoms with Crippen molar-refractivity contribution >= 4 is 28.3 Å². The van der Waals surface area contributed by atoms with Crippen LogP contribution in [0, 0.1) is 10.1 Å². The van der Waals surface area contributed by atoms with Crippen molar-refractivity contribution in [2.45, 2.75) is 0 Å². The Morgan fingerprint density at radius 2 is 2.00 bits per heavy atom. The lowest BCUT2D eigenvalue weighted by Gasteiger charge is -1.99. The van der Waals surface area contributed by atoms with Crippen molar-refractivity contribution < 1.29 is 18.9 Å². The van der Waals surface area contributed by atoms with Crippen molar-refractivity contribution in [2.24, 2.45) is 0 Å². The van der Waals surface area contributed by atoms with Crippen LogP contribution in [0.25, 0.3) is 11.5 Å². The number of carbonyl (C=O) groups excluding carboxylic acids is 1. The molecule has 0 atom stereocenters. The van der Waals surface area contributed by atoms with E-state index in [1.807, 2.05) is 0 Å². The summed E-state index contributed by atoms with van der Waals surface area (Å²) in [5.41, 5.74) is 0.663. The first-order valence-corrected chi connectivity index (χ1v) is 7.42. The molecule has 0 saturated carbocycles. The minimum atomic E-state index is -0.560. The van der Waals surface area contributed by atoms with Crippen LogP contribution >= 0.6 is 11.3 Å². The molecule has 0 aliphatic carbocycles. The third-order valence-corrected chi connectivity index (χ3v) is 4.01.